The van der Waals surface area contributed by atoms with Crippen LogP contribution in [0.3, 0.4) is 0 Å². The molecule has 0 saturated carbocycles. The smallest absolute Gasteiger partial charge is 0.341 e. The van der Waals surface area contributed by atoms with Gasteiger partial charge in [-0.2, -0.15) is 4.98 Å². The number of ether oxygens (including phenoxy) is 1. The van der Waals surface area contributed by atoms with E-state index in [2.05, 4.69) is 29.3 Å². The van der Waals surface area contributed by atoms with E-state index in [9.17, 15) is 9.59 Å². The lowest BCUT2D eigenvalue weighted by molar-refractivity contribution is 0.0601. The van der Waals surface area contributed by atoms with Gasteiger partial charge in [-0.05, 0) is 54.5 Å². The van der Waals surface area contributed by atoms with Gasteiger partial charge in [0, 0.05) is 11.1 Å². The minimum atomic E-state index is -0.450. The first kappa shape index (κ1) is 19.8. The first-order valence-corrected chi connectivity index (χ1v) is 9.67. The summed E-state index contributed by atoms with van der Waals surface area (Å²) in [6, 6.07) is 6.82. The molecule has 0 saturated heterocycles. The van der Waals surface area contributed by atoms with Gasteiger partial charge in [-0.25, -0.2) is 4.79 Å². The average molecular weight is 399 g/mol. The number of hydrogen-bond acceptors (Lipinski definition) is 7. The zero-order valence-electron chi connectivity index (χ0n) is 16.1. The molecule has 0 aliphatic carbocycles. The molecule has 146 valence electrons. The minimum absolute atomic E-state index is 0.309. The number of hydrogen-bond donors (Lipinski definition) is 1. The van der Waals surface area contributed by atoms with Crippen molar-refractivity contribution in [1.29, 1.82) is 0 Å². The van der Waals surface area contributed by atoms with E-state index in [1.807, 2.05) is 5.38 Å². The number of esters is 1. The van der Waals surface area contributed by atoms with E-state index >= 15 is 0 Å². The van der Waals surface area contributed by atoms with Crippen LogP contribution < -0.4 is 5.32 Å². The molecule has 0 atom stereocenters. The summed E-state index contributed by atoms with van der Waals surface area (Å²) < 4.78 is 10.0. The second kappa shape index (κ2) is 8.35. The molecule has 0 spiro atoms. The average Bonchev–Trinajstić information content (AvgIpc) is 3.27. The largest absolute Gasteiger partial charge is 0.465 e. The van der Waals surface area contributed by atoms with E-state index in [0.717, 1.165) is 17.5 Å². The highest BCUT2D eigenvalue weighted by molar-refractivity contribution is 7.15. The van der Waals surface area contributed by atoms with Gasteiger partial charge in [-0.3, -0.25) is 4.79 Å². The number of thiophene rings is 1. The summed E-state index contributed by atoms with van der Waals surface area (Å²) in [6.07, 6.45) is 0.731. The Morgan fingerprint density at radius 1 is 1.25 bits per heavy atom. The quantitative estimate of drug-likeness (QED) is 0.620. The van der Waals surface area contributed by atoms with Gasteiger partial charge in [0.15, 0.2) is 5.82 Å². The fourth-order valence-electron chi connectivity index (χ4n) is 2.76. The molecule has 0 bridgehead atoms. The first-order chi connectivity index (χ1) is 13.4. The number of methoxy groups -OCH3 is 1. The third kappa shape index (κ3) is 4.28. The number of aryl methyl sites for hydroxylation is 1. The zero-order chi connectivity index (χ0) is 20.3. The van der Waals surface area contributed by atoms with Crippen molar-refractivity contribution in [2.45, 2.75) is 27.2 Å². The van der Waals surface area contributed by atoms with E-state index in [-0.39, 0.29) is 5.91 Å². The van der Waals surface area contributed by atoms with Gasteiger partial charge in [0.1, 0.15) is 5.00 Å². The predicted molar refractivity (Wildman–Crippen MR) is 107 cm³/mol. The molecule has 28 heavy (non-hydrogen) atoms. The van der Waals surface area contributed by atoms with E-state index in [1.165, 1.54) is 18.4 Å². The Morgan fingerprint density at radius 2 is 1.96 bits per heavy atom. The molecule has 1 aromatic carbocycles. The molecular weight excluding hydrogens is 378 g/mol. The summed E-state index contributed by atoms with van der Waals surface area (Å²) in [7, 11) is 1.34. The molecule has 7 nitrogen and oxygen atoms in total. The van der Waals surface area contributed by atoms with Gasteiger partial charge in [0.2, 0.25) is 0 Å². The Kier molecular flexibility index (Phi) is 5.89. The Morgan fingerprint density at radius 3 is 2.54 bits per heavy atom. The summed E-state index contributed by atoms with van der Waals surface area (Å²) in [6.45, 7) is 5.88. The molecule has 2 aromatic heterocycles. The summed E-state index contributed by atoms with van der Waals surface area (Å²) >= 11 is 1.32. The zero-order valence-corrected chi connectivity index (χ0v) is 16.9. The Bertz CT molecular complexity index is 989. The summed E-state index contributed by atoms with van der Waals surface area (Å²) in [4.78, 5) is 29.0. The maximum absolute atomic E-state index is 12.7. The van der Waals surface area contributed by atoms with Crippen LogP contribution in [0.15, 0.2) is 34.2 Å². The fraction of sp³-hybridized carbons (Fsp3) is 0.300. The number of benzene rings is 1. The Labute approximate surface area is 166 Å². The Hall–Kier alpha value is -3.00. The topological polar surface area (TPSA) is 94.3 Å². The van der Waals surface area contributed by atoms with Crippen molar-refractivity contribution in [1.82, 2.24) is 10.1 Å². The molecule has 0 radical (unpaired) electrons. The highest BCUT2D eigenvalue weighted by atomic mass is 32.1. The fourth-order valence-corrected chi connectivity index (χ4v) is 3.71. The highest BCUT2D eigenvalue weighted by Crippen LogP contribution is 2.31. The second-order valence-electron chi connectivity index (χ2n) is 6.73. The van der Waals surface area contributed by atoms with Gasteiger partial charge in [0.05, 0.1) is 12.7 Å². The summed E-state index contributed by atoms with van der Waals surface area (Å²) in [5.74, 6) is 0.559. The number of carbonyl (C=O) groups excluding carboxylic acids is 2. The Balaban J connectivity index is 1.81. The third-order valence-electron chi connectivity index (χ3n) is 4.03. The van der Waals surface area contributed by atoms with Gasteiger partial charge >= 0.3 is 5.97 Å². The predicted octanol–water partition coefficient (Wildman–Crippen LogP) is 4.34. The molecule has 8 heteroatoms. The first-order valence-electron chi connectivity index (χ1n) is 8.79. The highest BCUT2D eigenvalue weighted by Gasteiger charge is 2.22. The molecular formula is C20H21N3O4S. The molecule has 0 aliphatic rings. The van der Waals surface area contributed by atoms with Crippen LogP contribution in [-0.2, 0) is 11.2 Å². The molecule has 1 N–H and O–H groups in total. The lowest BCUT2D eigenvalue weighted by atomic mass is 10.0. The maximum atomic E-state index is 12.7. The van der Waals surface area contributed by atoms with Crippen LogP contribution in [0, 0.1) is 12.8 Å². The minimum Gasteiger partial charge on any atom is -0.465 e. The van der Waals surface area contributed by atoms with Gasteiger partial charge in [-0.15, -0.1) is 11.3 Å². The number of amides is 1. The van der Waals surface area contributed by atoms with Crippen LogP contribution in [0.2, 0.25) is 0 Å². The van der Waals surface area contributed by atoms with Crippen molar-refractivity contribution < 1.29 is 18.8 Å². The van der Waals surface area contributed by atoms with Crippen LogP contribution in [0.5, 0.6) is 0 Å². The molecule has 3 aromatic rings. The summed E-state index contributed by atoms with van der Waals surface area (Å²) in [5.41, 5.74) is 2.48. The van der Waals surface area contributed by atoms with Crippen molar-refractivity contribution in [2.24, 2.45) is 5.92 Å². The van der Waals surface area contributed by atoms with Crippen molar-refractivity contribution in [3.8, 4) is 11.5 Å². The number of aromatic nitrogens is 2. The number of carbonyl (C=O) groups is 2. The van der Waals surface area contributed by atoms with Gasteiger partial charge in [0.25, 0.3) is 11.8 Å². The molecule has 1 amide bonds. The standard InChI is InChI=1S/C20H21N3O4S/c1-11(2)9-15-10-28-19(16(15)20(25)26-4)22-17(24)13-5-7-14(8-6-13)18-21-12(3)23-27-18/h5-8,10-11H,9H2,1-4H3,(H,22,24). The van der Waals surface area contributed by atoms with Crippen molar-refractivity contribution >= 4 is 28.2 Å². The monoisotopic (exact) mass is 399 g/mol. The van der Waals surface area contributed by atoms with E-state index < -0.39 is 5.97 Å². The number of nitrogens with zero attached hydrogens (tertiary/aromatic N) is 2. The summed E-state index contributed by atoms with van der Waals surface area (Å²) in [5, 5.41) is 8.96. The number of rotatable bonds is 6. The maximum Gasteiger partial charge on any atom is 0.341 e. The van der Waals surface area contributed by atoms with Crippen LogP contribution in [-0.4, -0.2) is 29.1 Å². The second-order valence-corrected chi connectivity index (χ2v) is 7.61. The number of anilines is 1. The van der Waals surface area contributed by atoms with Crippen molar-refractivity contribution in [3.63, 3.8) is 0 Å². The molecule has 0 fully saturated rings. The lowest BCUT2D eigenvalue weighted by Crippen LogP contribution is -2.15. The van der Waals surface area contributed by atoms with Crippen LogP contribution in [0.4, 0.5) is 5.00 Å². The SMILES string of the molecule is COC(=O)c1c(CC(C)C)csc1NC(=O)c1ccc(-c2nc(C)no2)cc1. The van der Waals surface area contributed by atoms with Crippen LogP contribution in [0.25, 0.3) is 11.5 Å². The molecule has 2 heterocycles. The normalized spacial score (nSPS) is 10.9. The van der Waals surface area contributed by atoms with Crippen LogP contribution >= 0.6 is 11.3 Å². The van der Waals surface area contributed by atoms with E-state index in [1.54, 1.807) is 31.2 Å². The van der Waals surface area contributed by atoms with Gasteiger partial charge in [-0.1, -0.05) is 19.0 Å². The third-order valence-corrected chi connectivity index (χ3v) is 4.98. The van der Waals surface area contributed by atoms with Crippen molar-refractivity contribution in [2.75, 3.05) is 12.4 Å². The number of nitrogens with one attached hydrogen (secondary N) is 1. The van der Waals surface area contributed by atoms with E-state index in [0.29, 0.717) is 33.8 Å². The van der Waals surface area contributed by atoms with E-state index in [4.69, 9.17) is 9.26 Å². The molecule has 0 unspecified atom stereocenters. The van der Waals surface area contributed by atoms with Crippen molar-refractivity contribution in [3.05, 3.63) is 52.2 Å². The van der Waals surface area contributed by atoms with Gasteiger partial charge < -0.3 is 14.6 Å². The molecule has 0 aliphatic heterocycles. The lowest BCUT2D eigenvalue weighted by Gasteiger charge is -2.09. The van der Waals surface area contributed by atoms with Crippen LogP contribution in [0.1, 0.15) is 46.0 Å². The molecule has 3 rings (SSSR count).